The van der Waals surface area contributed by atoms with E-state index in [1.54, 1.807) is 0 Å². The predicted molar refractivity (Wildman–Crippen MR) is 73.0 cm³/mol. The Bertz CT molecular complexity index is 219. The molecule has 1 fully saturated rings. The van der Waals surface area contributed by atoms with Gasteiger partial charge in [0.25, 0.3) is 0 Å². The molecule has 17 heavy (non-hydrogen) atoms. The highest BCUT2D eigenvalue weighted by Crippen LogP contribution is 2.29. The van der Waals surface area contributed by atoms with Crippen LogP contribution in [0.3, 0.4) is 0 Å². The molecule has 2 nitrogen and oxygen atoms in total. The van der Waals surface area contributed by atoms with Crippen LogP contribution in [-0.4, -0.2) is 11.3 Å². The van der Waals surface area contributed by atoms with Crippen LogP contribution in [0.4, 0.5) is 0 Å². The normalized spacial score (nSPS) is 18.5. The minimum absolute atomic E-state index is 0.323. The maximum atomic E-state index is 12.0. The molecule has 2 N–H and O–H groups in total. The first-order chi connectivity index (χ1) is 8.19. The van der Waals surface area contributed by atoms with Gasteiger partial charge in [-0.1, -0.05) is 58.3 Å². The quantitative estimate of drug-likeness (QED) is 0.619. The number of nitrogens with two attached hydrogens (primary N) is 1. The van der Waals surface area contributed by atoms with Crippen molar-refractivity contribution in [3.05, 3.63) is 0 Å². The van der Waals surface area contributed by atoms with Crippen LogP contribution in [-0.2, 0) is 4.79 Å². The molecule has 2 heteroatoms. The van der Waals surface area contributed by atoms with E-state index in [0.717, 1.165) is 32.1 Å². The van der Waals surface area contributed by atoms with Crippen molar-refractivity contribution in [2.24, 2.45) is 5.73 Å². The van der Waals surface area contributed by atoms with Gasteiger partial charge in [-0.25, -0.2) is 0 Å². The molecular weight excluding hydrogens is 210 g/mol. The second kappa shape index (κ2) is 7.86. The van der Waals surface area contributed by atoms with E-state index in [4.69, 9.17) is 5.73 Å². The molecule has 0 unspecified atom stereocenters. The van der Waals surface area contributed by atoms with E-state index >= 15 is 0 Å². The van der Waals surface area contributed by atoms with Crippen molar-refractivity contribution in [2.75, 3.05) is 0 Å². The molecule has 0 aromatic carbocycles. The summed E-state index contributed by atoms with van der Waals surface area (Å²) in [6, 6.07) is 0. The zero-order chi connectivity index (χ0) is 12.6. The third kappa shape index (κ3) is 5.20. The lowest BCUT2D eigenvalue weighted by Crippen LogP contribution is -2.45. The minimum atomic E-state index is -0.442. The number of ketones is 1. The van der Waals surface area contributed by atoms with Crippen LogP contribution in [0, 0.1) is 0 Å². The second-order valence-electron chi connectivity index (χ2n) is 5.66. The summed E-state index contributed by atoms with van der Waals surface area (Å²) in [7, 11) is 0. The van der Waals surface area contributed by atoms with Crippen LogP contribution < -0.4 is 5.73 Å². The molecule has 0 amide bonds. The third-order valence-electron chi connectivity index (χ3n) is 4.06. The summed E-state index contributed by atoms with van der Waals surface area (Å²) in [5, 5.41) is 0. The zero-order valence-electron chi connectivity index (χ0n) is 11.5. The van der Waals surface area contributed by atoms with E-state index in [9.17, 15) is 4.79 Å². The average Bonchev–Trinajstić information content (AvgIpc) is 2.76. The summed E-state index contributed by atoms with van der Waals surface area (Å²) < 4.78 is 0. The molecule has 1 saturated carbocycles. The van der Waals surface area contributed by atoms with Crippen LogP contribution >= 0.6 is 0 Å². The largest absolute Gasteiger partial charge is 0.319 e. The Balaban J connectivity index is 2.00. The summed E-state index contributed by atoms with van der Waals surface area (Å²) in [6.07, 6.45) is 13.7. The molecule has 1 aliphatic rings. The molecule has 1 rings (SSSR count). The van der Waals surface area contributed by atoms with Crippen molar-refractivity contribution >= 4 is 5.78 Å². The van der Waals surface area contributed by atoms with Gasteiger partial charge in [0, 0.05) is 6.42 Å². The van der Waals surface area contributed by atoms with Crippen LogP contribution in [0.25, 0.3) is 0 Å². The predicted octanol–water partition coefficient (Wildman–Crippen LogP) is 3.97. The maximum absolute atomic E-state index is 12.0. The Morgan fingerprint density at radius 2 is 1.53 bits per heavy atom. The van der Waals surface area contributed by atoms with E-state index in [2.05, 4.69) is 6.92 Å². The number of carbonyl (C=O) groups excluding carboxylic acids is 1. The van der Waals surface area contributed by atoms with Gasteiger partial charge in [0.05, 0.1) is 5.54 Å². The summed E-state index contributed by atoms with van der Waals surface area (Å²) in [4.78, 5) is 12.0. The molecule has 0 aliphatic heterocycles. The Hall–Kier alpha value is -0.370. The molecule has 0 bridgehead atoms. The Morgan fingerprint density at radius 1 is 1.00 bits per heavy atom. The fourth-order valence-corrected chi connectivity index (χ4v) is 2.78. The van der Waals surface area contributed by atoms with E-state index < -0.39 is 5.54 Å². The summed E-state index contributed by atoms with van der Waals surface area (Å²) in [5.74, 6) is 0.323. The summed E-state index contributed by atoms with van der Waals surface area (Å²) >= 11 is 0. The highest BCUT2D eigenvalue weighted by molar-refractivity contribution is 5.88. The van der Waals surface area contributed by atoms with Crippen LogP contribution in [0.1, 0.15) is 84.0 Å². The van der Waals surface area contributed by atoms with E-state index in [0.29, 0.717) is 12.2 Å². The number of hydrogen-bond donors (Lipinski definition) is 1. The first-order valence-corrected chi connectivity index (χ1v) is 7.51. The number of Topliss-reactive ketones (excluding diaryl/α,β-unsaturated/α-hetero) is 1. The molecular formula is C15H29NO. The molecule has 0 radical (unpaired) electrons. The fourth-order valence-electron chi connectivity index (χ4n) is 2.78. The van der Waals surface area contributed by atoms with Crippen molar-refractivity contribution in [2.45, 2.75) is 89.5 Å². The second-order valence-corrected chi connectivity index (χ2v) is 5.66. The topological polar surface area (TPSA) is 43.1 Å². The van der Waals surface area contributed by atoms with Crippen LogP contribution in [0.15, 0.2) is 0 Å². The Kier molecular flexibility index (Phi) is 6.79. The molecule has 0 spiro atoms. The highest BCUT2D eigenvalue weighted by Gasteiger charge is 2.35. The van der Waals surface area contributed by atoms with Gasteiger partial charge < -0.3 is 5.73 Å². The lowest BCUT2D eigenvalue weighted by Gasteiger charge is -2.21. The lowest BCUT2D eigenvalue weighted by atomic mass is 9.90. The first kappa shape index (κ1) is 14.7. The van der Waals surface area contributed by atoms with Crippen molar-refractivity contribution in [1.82, 2.24) is 0 Å². The molecule has 0 atom stereocenters. The van der Waals surface area contributed by atoms with Crippen molar-refractivity contribution in [3.63, 3.8) is 0 Å². The van der Waals surface area contributed by atoms with Gasteiger partial charge in [-0.05, 0) is 19.3 Å². The number of unbranched alkanes of at least 4 members (excludes halogenated alkanes) is 6. The smallest absolute Gasteiger partial charge is 0.152 e. The standard InChI is InChI=1S/C15H29NO/c1-2-3-4-5-6-7-8-11-14(17)15(16)12-9-10-13-15/h2-13,16H2,1H3. The van der Waals surface area contributed by atoms with Crippen LogP contribution in [0.5, 0.6) is 0 Å². The summed E-state index contributed by atoms with van der Waals surface area (Å²) in [5.41, 5.74) is 5.69. The van der Waals surface area contributed by atoms with Gasteiger partial charge in [-0.3, -0.25) is 4.79 Å². The van der Waals surface area contributed by atoms with Gasteiger partial charge in [0.1, 0.15) is 0 Å². The van der Waals surface area contributed by atoms with E-state index in [1.165, 1.54) is 38.5 Å². The average molecular weight is 239 g/mol. The molecule has 0 aromatic rings. The Labute approximate surface area is 106 Å². The maximum Gasteiger partial charge on any atom is 0.152 e. The van der Waals surface area contributed by atoms with Gasteiger partial charge >= 0.3 is 0 Å². The van der Waals surface area contributed by atoms with Gasteiger partial charge in [-0.15, -0.1) is 0 Å². The van der Waals surface area contributed by atoms with Gasteiger partial charge in [0.15, 0.2) is 5.78 Å². The highest BCUT2D eigenvalue weighted by atomic mass is 16.1. The van der Waals surface area contributed by atoms with Crippen molar-refractivity contribution < 1.29 is 4.79 Å². The summed E-state index contributed by atoms with van der Waals surface area (Å²) in [6.45, 7) is 2.24. The van der Waals surface area contributed by atoms with E-state index in [-0.39, 0.29) is 0 Å². The first-order valence-electron chi connectivity index (χ1n) is 7.51. The van der Waals surface area contributed by atoms with Crippen molar-refractivity contribution in [3.8, 4) is 0 Å². The number of hydrogen-bond acceptors (Lipinski definition) is 2. The molecule has 0 heterocycles. The van der Waals surface area contributed by atoms with Crippen LogP contribution in [0.2, 0.25) is 0 Å². The van der Waals surface area contributed by atoms with E-state index in [1.807, 2.05) is 0 Å². The molecule has 100 valence electrons. The van der Waals surface area contributed by atoms with Gasteiger partial charge in [-0.2, -0.15) is 0 Å². The zero-order valence-corrected chi connectivity index (χ0v) is 11.5. The minimum Gasteiger partial charge on any atom is -0.319 e. The third-order valence-corrected chi connectivity index (χ3v) is 4.06. The fraction of sp³-hybridized carbons (Fsp3) is 0.933. The monoisotopic (exact) mass is 239 g/mol. The Morgan fingerprint density at radius 3 is 2.12 bits per heavy atom. The SMILES string of the molecule is CCCCCCCCCC(=O)C1(N)CCCC1. The van der Waals surface area contributed by atoms with Gasteiger partial charge in [0.2, 0.25) is 0 Å². The molecule has 0 aromatic heterocycles. The lowest BCUT2D eigenvalue weighted by molar-refractivity contribution is -0.124. The number of rotatable bonds is 9. The molecule has 0 saturated heterocycles. The van der Waals surface area contributed by atoms with Crippen molar-refractivity contribution in [1.29, 1.82) is 0 Å². The molecule has 1 aliphatic carbocycles. The number of carbonyl (C=O) groups is 1.